The van der Waals surface area contributed by atoms with E-state index in [1.54, 1.807) is 26.8 Å². The molecule has 0 aliphatic carbocycles. The molecular weight excluding hydrogens is 215 g/mol. The van der Waals surface area contributed by atoms with Crippen LogP contribution < -0.4 is 0 Å². The third-order valence-corrected chi connectivity index (χ3v) is 3.76. The molecule has 0 aliphatic rings. The van der Waals surface area contributed by atoms with Crippen LogP contribution in [0.25, 0.3) is 0 Å². The third-order valence-electron chi connectivity index (χ3n) is 1.83. The van der Waals surface area contributed by atoms with Crippen molar-refractivity contribution in [3.05, 3.63) is 11.6 Å². The lowest BCUT2D eigenvalue weighted by atomic mass is 10.2. The average Bonchev–Trinajstić information content (AvgIpc) is 2.15. The maximum Gasteiger partial charge on any atom is 0.334 e. The zero-order chi connectivity index (χ0) is 11.9. The maximum absolute atomic E-state index is 11.9. The highest BCUT2D eigenvalue weighted by molar-refractivity contribution is 7.54. The van der Waals surface area contributed by atoms with Crippen LogP contribution in [0.5, 0.6) is 0 Å². The van der Waals surface area contributed by atoms with E-state index in [4.69, 9.17) is 9.05 Å². The fourth-order valence-electron chi connectivity index (χ4n) is 0.929. The van der Waals surface area contributed by atoms with Crippen molar-refractivity contribution in [1.29, 1.82) is 0 Å². The molecule has 0 bridgehead atoms. The van der Waals surface area contributed by atoms with Crippen LogP contribution in [0.2, 0.25) is 0 Å². The molecule has 0 unspecified atom stereocenters. The van der Waals surface area contributed by atoms with Crippen LogP contribution in [0.1, 0.15) is 27.7 Å². The number of rotatable bonds is 7. The Morgan fingerprint density at radius 2 is 1.67 bits per heavy atom. The second-order valence-corrected chi connectivity index (χ2v) is 5.18. The Kier molecular flexibility index (Phi) is 6.73. The van der Waals surface area contributed by atoms with Gasteiger partial charge >= 0.3 is 7.60 Å². The standard InChI is InChI=1S/C10H19O4P/c1-5-13-15(12,14-6-2)8-7-9(3)10(4)11/h7H,5-6,8H2,1-4H3/b9-7+. The van der Waals surface area contributed by atoms with E-state index >= 15 is 0 Å². The Hall–Kier alpha value is -0.440. The SMILES string of the molecule is CCOP(=O)(C/C=C(\C)C(C)=O)OCC. The number of Topliss-reactive ketones (excluding diaryl/α,β-unsaturated/α-hetero) is 1. The molecule has 0 heterocycles. The quantitative estimate of drug-likeness (QED) is 0.502. The van der Waals surface area contributed by atoms with Crippen LogP contribution in [-0.2, 0) is 18.4 Å². The molecule has 0 saturated heterocycles. The summed E-state index contributed by atoms with van der Waals surface area (Å²) in [6.45, 7) is 7.34. The second kappa shape index (κ2) is 6.94. The number of allylic oxidation sites excluding steroid dienone is 2. The van der Waals surface area contributed by atoms with Crippen LogP contribution in [0, 0.1) is 0 Å². The van der Waals surface area contributed by atoms with E-state index in [0.29, 0.717) is 18.8 Å². The molecular formula is C10H19O4P. The fraction of sp³-hybridized carbons (Fsp3) is 0.700. The van der Waals surface area contributed by atoms with Gasteiger partial charge in [-0.1, -0.05) is 6.08 Å². The predicted molar refractivity (Wildman–Crippen MR) is 60.2 cm³/mol. The van der Waals surface area contributed by atoms with Gasteiger partial charge in [-0.3, -0.25) is 9.36 Å². The molecule has 5 heteroatoms. The molecule has 0 aromatic rings. The molecule has 4 nitrogen and oxygen atoms in total. The van der Waals surface area contributed by atoms with Crippen LogP contribution in [0.15, 0.2) is 11.6 Å². The first kappa shape index (κ1) is 14.6. The van der Waals surface area contributed by atoms with Gasteiger partial charge < -0.3 is 9.05 Å². The molecule has 0 fully saturated rings. The summed E-state index contributed by atoms with van der Waals surface area (Å²) < 4.78 is 22.1. The Morgan fingerprint density at radius 3 is 2.00 bits per heavy atom. The van der Waals surface area contributed by atoms with Crippen molar-refractivity contribution in [1.82, 2.24) is 0 Å². The minimum absolute atomic E-state index is 0.0328. The summed E-state index contributed by atoms with van der Waals surface area (Å²) in [4.78, 5) is 10.9. The first-order valence-electron chi connectivity index (χ1n) is 5.01. The van der Waals surface area contributed by atoms with Crippen molar-refractivity contribution in [2.24, 2.45) is 0 Å². The molecule has 0 aliphatic heterocycles. The summed E-state index contributed by atoms with van der Waals surface area (Å²) in [6.07, 6.45) is 1.76. The van der Waals surface area contributed by atoms with Crippen LogP contribution >= 0.6 is 7.60 Å². The Bertz CT molecular complexity index is 273. The van der Waals surface area contributed by atoms with Gasteiger partial charge in [-0.2, -0.15) is 0 Å². The van der Waals surface area contributed by atoms with Crippen LogP contribution in [0.4, 0.5) is 0 Å². The maximum atomic E-state index is 11.9. The highest BCUT2D eigenvalue weighted by Gasteiger charge is 2.21. The molecule has 0 aromatic heterocycles. The van der Waals surface area contributed by atoms with Gasteiger partial charge in [0.2, 0.25) is 0 Å². The van der Waals surface area contributed by atoms with E-state index in [0.717, 1.165) is 0 Å². The normalized spacial score (nSPS) is 12.9. The molecule has 0 aromatic carbocycles. The summed E-state index contributed by atoms with van der Waals surface area (Å²) in [7, 11) is -3.04. The topological polar surface area (TPSA) is 52.6 Å². The molecule has 0 amide bonds. The van der Waals surface area contributed by atoms with Crippen molar-refractivity contribution in [3.63, 3.8) is 0 Å². The van der Waals surface area contributed by atoms with E-state index in [9.17, 15) is 9.36 Å². The van der Waals surface area contributed by atoms with Gasteiger partial charge in [-0.05, 0) is 33.3 Å². The average molecular weight is 234 g/mol. The number of hydrogen-bond donors (Lipinski definition) is 0. The fourth-order valence-corrected chi connectivity index (χ4v) is 2.50. The van der Waals surface area contributed by atoms with E-state index in [2.05, 4.69) is 0 Å². The Morgan fingerprint density at radius 1 is 1.20 bits per heavy atom. The summed E-state index contributed by atoms with van der Waals surface area (Å²) in [5, 5.41) is 0. The van der Waals surface area contributed by atoms with Gasteiger partial charge in [-0.15, -0.1) is 0 Å². The van der Waals surface area contributed by atoms with Crippen LogP contribution in [0.3, 0.4) is 0 Å². The highest BCUT2D eigenvalue weighted by atomic mass is 31.2. The molecule has 0 rings (SSSR count). The largest absolute Gasteiger partial charge is 0.334 e. The second-order valence-electron chi connectivity index (χ2n) is 3.07. The van der Waals surface area contributed by atoms with Gasteiger partial charge in [0.15, 0.2) is 5.78 Å². The predicted octanol–water partition coefficient (Wildman–Crippen LogP) is 2.79. The molecule has 0 N–H and O–H groups in total. The third kappa shape index (κ3) is 5.88. The van der Waals surface area contributed by atoms with Gasteiger partial charge in [-0.25, -0.2) is 0 Å². The van der Waals surface area contributed by atoms with Crippen molar-refractivity contribution < 1.29 is 18.4 Å². The number of carbonyl (C=O) groups is 1. The molecule has 0 saturated carbocycles. The molecule has 15 heavy (non-hydrogen) atoms. The summed E-state index contributed by atoms with van der Waals surface area (Å²) in [6, 6.07) is 0. The summed E-state index contributed by atoms with van der Waals surface area (Å²) in [5.74, 6) is -0.0328. The molecule has 0 spiro atoms. The molecule has 0 radical (unpaired) electrons. The number of hydrogen-bond acceptors (Lipinski definition) is 4. The van der Waals surface area contributed by atoms with E-state index in [1.807, 2.05) is 0 Å². The molecule has 0 atom stereocenters. The summed E-state index contributed by atoms with van der Waals surface area (Å²) in [5.41, 5.74) is 0.578. The van der Waals surface area contributed by atoms with Crippen molar-refractivity contribution >= 4 is 13.4 Å². The number of ketones is 1. The lowest BCUT2D eigenvalue weighted by Gasteiger charge is -2.15. The highest BCUT2D eigenvalue weighted by Crippen LogP contribution is 2.48. The Labute approximate surface area is 91.2 Å². The van der Waals surface area contributed by atoms with Crippen molar-refractivity contribution in [3.8, 4) is 0 Å². The van der Waals surface area contributed by atoms with Gasteiger partial charge in [0.25, 0.3) is 0 Å². The first-order valence-corrected chi connectivity index (χ1v) is 6.73. The minimum atomic E-state index is -3.04. The minimum Gasteiger partial charge on any atom is -0.309 e. The zero-order valence-corrected chi connectivity index (χ0v) is 10.7. The van der Waals surface area contributed by atoms with Gasteiger partial charge in [0.05, 0.1) is 19.4 Å². The van der Waals surface area contributed by atoms with E-state index < -0.39 is 7.60 Å². The van der Waals surface area contributed by atoms with E-state index in [1.165, 1.54) is 6.92 Å². The first-order chi connectivity index (χ1) is 6.95. The smallest absolute Gasteiger partial charge is 0.309 e. The van der Waals surface area contributed by atoms with Gasteiger partial charge in [0.1, 0.15) is 0 Å². The lowest BCUT2D eigenvalue weighted by molar-refractivity contribution is -0.113. The van der Waals surface area contributed by atoms with Crippen molar-refractivity contribution in [2.45, 2.75) is 27.7 Å². The lowest BCUT2D eigenvalue weighted by Crippen LogP contribution is -2.00. The Balaban J connectivity index is 4.49. The molecule has 88 valence electrons. The van der Waals surface area contributed by atoms with Crippen molar-refractivity contribution in [2.75, 3.05) is 19.4 Å². The number of carbonyl (C=O) groups excluding carboxylic acids is 1. The van der Waals surface area contributed by atoms with Crippen LogP contribution in [-0.4, -0.2) is 25.2 Å². The van der Waals surface area contributed by atoms with E-state index in [-0.39, 0.29) is 11.9 Å². The summed E-state index contributed by atoms with van der Waals surface area (Å²) >= 11 is 0. The zero-order valence-electron chi connectivity index (χ0n) is 9.78. The monoisotopic (exact) mass is 234 g/mol. The van der Waals surface area contributed by atoms with Gasteiger partial charge in [0, 0.05) is 0 Å².